The van der Waals surface area contributed by atoms with Crippen LogP contribution >= 0.6 is 0 Å². The molecule has 5 nitrogen and oxygen atoms in total. The number of hydrogen-bond donors (Lipinski definition) is 2. The average molecular weight is 259 g/mol. The van der Waals surface area contributed by atoms with Crippen LogP contribution in [0.1, 0.15) is 43.1 Å². The topological polar surface area (TPSA) is 85.2 Å². The molecule has 3 N–H and O–H groups in total. The highest BCUT2D eigenvalue weighted by molar-refractivity contribution is 5.26. The van der Waals surface area contributed by atoms with Crippen molar-refractivity contribution in [1.82, 2.24) is 10.1 Å². The lowest BCUT2D eigenvalue weighted by molar-refractivity contribution is 0.347. The Kier molecular flexibility index (Phi) is 2.78. The fraction of sp³-hybridized carbons (Fsp3) is 0.429. The van der Waals surface area contributed by atoms with E-state index in [1.165, 1.54) is 0 Å². The average Bonchev–Trinajstić information content (AvgIpc) is 2.95. The molecule has 1 aromatic heterocycles. The van der Waals surface area contributed by atoms with E-state index in [9.17, 15) is 5.11 Å². The lowest BCUT2D eigenvalue weighted by atomic mass is 10.1. The van der Waals surface area contributed by atoms with Crippen molar-refractivity contribution in [2.24, 2.45) is 5.73 Å². The molecule has 1 aromatic carbocycles. The zero-order valence-corrected chi connectivity index (χ0v) is 10.8. The molecule has 1 unspecified atom stereocenters. The number of nitrogens with two attached hydrogens (primary N) is 1. The quantitative estimate of drug-likeness (QED) is 0.878. The maximum Gasteiger partial charge on any atom is 0.243 e. The highest BCUT2D eigenvalue weighted by atomic mass is 16.5. The number of rotatable bonds is 4. The normalized spacial score (nSPS) is 18.2. The van der Waals surface area contributed by atoms with Crippen LogP contribution in [0.2, 0.25) is 0 Å². The lowest BCUT2D eigenvalue weighted by Crippen LogP contribution is -2.14. The Morgan fingerprint density at radius 2 is 2.05 bits per heavy atom. The number of phenols is 1. The molecule has 5 heteroatoms. The Morgan fingerprint density at radius 3 is 2.68 bits per heavy atom. The summed E-state index contributed by atoms with van der Waals surface area (Å²) < 4.78 is 5.25. The fourth-order valence-electron chi connectivity index (χ4n) is 2.02. The van der Waals surface area contributed by atoms with Crippen LogP contribution in [0.3, 0.4) is 0 Å². The third-order valence-corrected chi connectivity index (χ3v) is 3.69. The Morgan fingerprint density at radius 1 is 1.37 bits per heavy atom. The van der Waals surface area contributed by atoms with Gasteiger partial charge in [-0.25, -0.2) is 0 Å². The van der Waals surface area contributed by atoms with E-state index in [0.717, 1.165) is 24.2 Å². The van der Waals surface area contributed by atoms with Gasteiger partial charge in [0.2, 0.25) is 5.89 Å². The minimum absolute atomic E-state index is 0.0972. The van der Waals surface area contributed by atoms with Crippen LogP contribution in [0, 0.1) is 0 Å². The van der Waals surface area contributed by atoms with Gasteiger partial charge in [0.15, 0.2) is 5.82 Å². The zero-order valence-electron chi connectivity index (χ0n) is 10.8. The molecule has 0 saturated heterocycles. The fourth-order valence-corrected chi connectivity index (χ4v) is 2.02. The Hall–Kier alpha value is -1.88. The summed E-state index contributed by atoms with van der Waals surface area (Å²) in [7, 11) is 0. The summed E-state index contributed by atoms with van der Waals surface area (Å²) in [5.41, 5.74) is 7.21. The summed E-state index contributed by atoms with van der Waals surface area (Å²) in [4.78, 5) is 4.41. The van der Waals surface area contributed by atoms with E-state index in [-0.39, 0.29) is 17.2 Å². The van der Waals surface area contributed by atoms with Crippen molar-refractivity contribution in [3.05, 3.63) is 41.5 Å². The molecular formula is C14H17N3O2. The minimum atomic E-state index is -0.312. The van der Waals surface area contributed by atoms with Crippen molar-refractivity contribution in [3.63, 3.8) is 0 Å². The molecule has 0 aliphatic heterocycles. The summed E-state index contributed by atoms with van der Waals surface area (Å²) in [5, 5.41) is 13.3. The number of hydrogen-bond acceptors (Lipinski definition) is 5. The third-order valence-electron chi connectivity index (χ3n) is 3.69. The molecule has 1 saturated carbocycles. The number of benzene rings is 1. The van der Waals surface area contributed by atoms with Crippen molar-refractivity contribution < 1.29 is 9.63 Å². The molecule has 1 heterocycles. The van der Waals surface area contributed by atoms with Gasteiger partial charge in [-0.3, -0.25) is 0 Å². The summed E-state index contributed by atoms with van der Waals surface area (Å²) >= 11 is 0. The van der Waals surface area contributed by atoms with E-state index in [0.29, 0.717) is 12.3 Å². The van der Waals surface area contributed by atoms with E-state index in [2.05, 4.69) is 17.1 Å². The van der Waals surface area contributed by atoms with Gasteiger partial charge in [-0.15, -0.1) is 0 Å². The van der Waals surface area contributed by atoms with Gasteiger partial charge in [0.25, 0.3) is 0 Å². The molecular weight excluding hydrogens is 242 g/mol. The number of aromatic nitrogens is 2. The van der Waals surface area contributed by atoms with Crippen molar-refractivity contribution in [1.29, 1.82) is 0 Å². The molecule has 1 aliphatic rings. The van der Waals surface area contributed by atoms with Crippen LogP contribution in [0.25, 0.3) is 0 Å². The van der Waals surface area contributed by atoms with Crippen LogP contribution in [0.4, 0.5) is 0 Å². The first-order valence-electron chi connectivity index (χ1n) is 6.44. The molecule has 0 amide bonds. The van der Waals surface area contributed by atoms with Gasteiger partial charge in [0.1, 0.15) is 5.75 Å². The van der Waals surface area contributed by atoms with E-state index in [4.69, 9.17) is 10.3 Å². The van der Waals surface area contributed by atoms with Crippen LogP contribution in [-0.2, 0) is 11.8 Å². The van der Waals surface area contributed by atoms with E-state index in [1.54, 1.807) is 12.1 Å². The molecule has 100 valence electrons. The molecule has 3 rings (SSSR count). The van der Waals surface area contributed by atoms with Gasteiger partial charge in [-0.05, 0) is 37.0 Å². The maximum atomic E-state index is 9.24. The van der Waals surface area contributed by atoms with Gasteiger partial charge in [0, 0.05) is 5.41 Å². The first kappa shape index (κ1) is 12.2. The van der Waals surface area contributed by atoms with Crippen molar-refractivity contribution in [2.75, 3.05) is 0 Å². The molecule has 0 bridgehead atoms. The molecule has 1 atom stereocenters. The van der Waals surface area contributed by atoms with E-state index < -0.39 is 0 Å². The molecule has 1 fully saturated rings. The van der Waals surface area contributed by atoms with Crippen LogP contribution in [-0.4, -0.2) is 15.2 Å². The molecule has 0 radical (unpaired) electrons. The second kappa shape index (κ2) is 4.35. The predicted octanol–water partition coefficient (Wildman–Crippen LogP) is 2.07. The number of phenolic OH excluding ortho intramolecular Hbond substituents is 1. The van der Waals surface area contributed by atoms with Gasteiger partial charge < -0.3 is 15.4 Å². The first-order chi connectivity index (χ1) is 9.07. The Balaban J connectivity index is 1.71. The van der Waals surface area contributed by atoms with E-state index in [1.807, 2.05) is 12.1 Å². The van der Waals surface area contributed by atoms with Gasteiger partial charge in [-0.1, -0.05) is 24.2 Å². The van der Waals surface area contributed by atoms with Crippen molar-refractivity contribution in [3.8, 4) is 5.75 Å². The smallest absolute Gasteiger partial charge is 0.243 e. The molecule has 1 aliphatic carbocycles. The van der Waals surface area contributed by atoms with Crippen LogP contribution < -0.4 is 5.73 Å². The van der Waals surface area contributed by atoms with Crippen LogP contribution in [0.15, 0.2) is 28.8 Å². The van der Waals surface area contributed by atoms with Crippen LogP contribution in [0.5, 0.6) is 5.75 Å². The van der Waals surface area contributed by atoms with Crippen molar-refractivity contribution in [2.45, 2.75) is 37.6 Å². The third kappa shape index (κ3) is 2.46. The second-order valence-corrected chi connectivity index (χ2v) is 5.49. The minimum Gasteiger partial charge on any atom is -0.508 e. The lowest BCUT2D eigenvalue weighted by Gasteiger charge is -2.06. The largest absolute Gasteiger partial charge is 0.508 e. The highest BCUT2D eigenvalue weighted by Crippen LogP contribution is 2.46. The zero-order chi connectivity index (χ0) is 13.5. The standard InChI is InChI=1S/C14H17N3O2/c1-14(6-7-14)13-16-12(19-17-13)11(15)8-9-2-4-10(18)5-3-9/h2-5,11,18H,6-8,15H2,1H3. The maximum absolute atomic E-state index is 9.24. The highest BCUT2D eigenvalue weighted by Gasteiger charge is 2.43. The Labute approximate surface area is 111 Å². The number of aromatic hydroxyl groups is 1. The van der Waals surface area contributed by atoms with E-state index >= 15 is 0 Å². The SMILES string of the molecule is CC1(c2noc(C(N)Cc3ccc(O)cc3)n2)CC1. The predicted molar refractivity (Wildman–Crippen MR) is 69.6 cm³/mol. The number of nitrogens with zero attached hydrogens (tertiary/aromatic N) is 2. The monoisotopic (exact) mass is 259 g/mol. The molecule has 2 aromatic rings. The van der Waals surface area contributed by atoms with Crippen molar-refractivity contribution >= 4 is 0 Å². The summed E-state index contributed by atoms with van der Waals surface area (Å²) in [6.07, 6.45) is 2.83. The summed E-state index contributed by atoms with van der Waals surface area (Å²) in [6, 6.07) is 6.66. The molecule has 19 heavy (non-hydrogen) atoms. The summed E-state index contributed by atoms with van der Waals surface area (Å²) in [5.74, 6) is 1.50. The van der Waals surface area contributed by atoms with Gasteiger partial charge in [0.05, 0.1) is 6.04 Å². The first-order valence-corrected chi connectivity index (χ1v) is 6.44. The van der Waals surface area contributed by atoms with Gasteiger partial charge >= 0.3 is 0 Å². The molecule has 0 spiro atoms. The summed E-state index contributed by atoms with van der Waals surface area (Å²) in [6.45, 7) is 2.13. The second-order valence-electron chi connectivity index (χ2n) is 5.49. The van der Waals surface area contributed by atoms with Gasteiger partial charge in [-0.2, -0.15) is 4.98 Å². The Bertz CT molecular complexity index is 573.